The van der Waals surface area contributed by atoms with Gasteiger partial charge in [0, 0.05) is 6.04 Å². The van der Waals surface area contributed by atoms with Crippen molar-refractivity contribution in [2.75, 3.05) is 6.26 Å². The zero-order chi connectivity index (χ0) is 12.7. The van der Waals surface area contributed by atoms with Gasteiger partial charge in [0.15, 0.2) is 0 Å². The van der Waals surface area contributed by atoms with Crippen LogP contribution >= 0.6 is 11.8 Å². The summed E-state index contributed by atoms with van der Waals surface area (Å²) in [4.78, 5) is 12.7. The Morgan fingerprint density at radius 3 is 2.59 bits per heavy atom. The minimum Gasteiger partial charge on any atom is -0.349 e. The molecule has 17 heavy (non-hydrogen) atoms. The summed E-state index contributed by atoms with van der Waals surface area (Å²) in [5.74, 6) is 0.00991. The van der Waals surface area contributed by atoms with Gasteiger partial charge in [0.2, 0.25) is 0 Å². The molecule has 2 nitrogen and oxygen atoms in total. The smallest absolute Gasteiger partial charge is 0.257 e. The number of carbonyl (C=O) groups is 1. The molecule has 3 heteroatoms. The topological polar surface area (TPSA) is 29.1 Å². The van der Waals surface area contributed by atoms with Gasteiger partial charge in [-0.1, -0.05) is 37.3 Å². The Bertz CT molecular complexity index is 386. The maximum Gasteiger partial charge on any atom is 0.257 e. The van der Waals surface area contributed by atoms with E-state index in [1.165, 1.54) is 11.8 Å². The standard InChI is InChI=1S/C14H19NOS/c1-4-11(2)15-14(16)13(17-3)10-12-8-6-5-7-9-12/h5-11H,4H2,1-3H3,(H,15,16). The molecule has 0 aliphatic rings. The van der Waals surface area contributed by atoms with Gasteiger partial charge in [-0.25, -0.2) is 0 Å². The second kappa shape index (κ2) is 7.17. The van der Waals surface area contributed by atoms with E-state index in [0.29, 0.717) is 0 Å². The van der Waals surface area contributed by atoms with E-state index >= 15 is 0 Å². The van der Waals surface area contributed by atoms with Crippen molar-refractivity contribution in [3.05, 3.63) is 40.8 Å². The Hall–Kier alpha value is -1.22. The van der Waals surface area contributed by atoms with Crippen LogP contribution in [0.3, 0.4) is 0 Å². The summed E-state index contributed by atoms with van der Waals surface area (Å²) < 4.78 is 0. The number of rotatable bonds is 5. The zero-order valence-electron chi connectivity index (χ0n) is 10.6. The largest absolute Gasteiger partial charge is 0.349 e. The second-order valence-electron chi connectivity index (χ2n) is 3.91. The van der Waals surface area contributed by atoms with Gasteiger partial charge in [-0.3, -0.25) is 4.79 Å². The van der Waals surface area contributed by atoms with Crippen molar-refractivity contribution in [2.24, 2.45) is 0 Å². The van der Waals surface area contributed by atoms with Crippen LogP contribution in [0.2, 0.25) is 0 Å². The summed E-state index contributed by atoms with van der Waals surface area (Å²) in [6, 6.07) is 10.1. The number of amides is 1. The van der Waals surface area contributed by atoms with Crippen molar-refractivity contribution in [3.63, 3.8) is 0 Å². The van der Waals surface area contributed by atoms with Crippen molar-refractivity contribution in [2.45, 2.75) is 26.3 Å². The molecule has 0 saturated carbocycles. The molecule has 0 radical (unpaired) electrons. The van der Waals surface area contributed by atoms with E-state index in [2.05, 4.69) is 12.2 Å². The number of thioether (sulfide) groups is 1. The Labute approximate surface area is 107 Å². The lowest BCUT2D eigenvalue weighted by Gasteiger charge is -2.12. The van der Waals surface area contributed by atoms with Gasteiger partial charge in [-0.2, -0.15) is 0 Å². The number of hydrogen-bond donors (Lipinski definition) is 1. The maximum atomic E-state index is 11.9. The molecular weight excluding hydrogens is 230 g/mol. The van der Waals surface area contributed by atoms with E-state index in [4.69, 9.17) is 0 Å². The summed E-state index contributed by atoms with van der Waals surface area (Å²) in [6.45, 7) is 4.07. The highest BCUT2D eigenvalue weighted by atomic mass is 32.2. The molecular formula is C14H19NOS. The third-order valence-corrected chi connectivity index (χ3v) is 3.27. The van der Waals surface area contributed by atoms with Crippen LogP contribution in [-0.4, -0.2) is 18.2 Å². The normalized spacial score (nSPS) is 13.2. The first-order valence-corrected chi connectivity index (χ1v) is 7.01. The highest BCUT2D eigenvalue weighted by Gasteiger charge is 2.10. The van der Waals surface area contributed by atoms with E-state index in [-0.39, 0.29) is 11.9 Å². The molecule has 1 atom stereocenters. The molecule has 0 bridgehead atoms. The summed E-state index contributed by atoms with van der Waals surface area (Å²) in [7, 11) is 0. The van der Waals surface area contributed by atoms with Crippen LogP contribution in [-0.2, 0) is 4.79 Å². The molecule has 0 aliphatic carbocycles. The first-order chi connectivity index (χ1) is 8.17. The number of carbonyl (C=O) groups excluding carboxylic acids is 1. The molecule has 1 unspecified atom stereocenters. The summed E-state index contributed by atoms with van der Waals surface area (Å²) in [5, 5.41) is 2.97. The van der Waals surface area contributed by atoms with Crippen molar-refractivity contribution in [1.29, 1.82) is 0 Å². The molecule has 1 aromatic carbocycles. The highest BCUT2D eigenvalue weighted by molar-refractivity contribution is 8.03. The Balaban J connectivity index is 2.77. The number of benzene rings is 1. The second-order valence-corrected chi connectivity index (χ2v) is 4.75. The van der Waals surface area contributed by atoms with Crippen LogP contribution in [0.15, 0.2) is 35.2 Å². The molecule has 1 amide bonds. The Kier molecular flexibility index (Phi) is 5.84. The predicted molar refractivity (Wildman–Crippen MR) is 75.8 cm³/mol. The molecule has 0 heterocycles. The minimum absolute atomic E-state index is 0.00991. The molecule has 0 fully saturated rings. The summed E-state index contributed by atoms with van der Waals surface area (Å²) in [6.07, 6.45) is 4.78. The Morgan fingerprint density at radius 2 is 2.06 bits per heavy atom. The van der Waals surface area contributed by atoms with Crippen molar-refractivity contribution >= 4 is 23.7 Å². The minimum atomic E-state index is 0.00991. The van der Waals surface area contributed by atoms with Crippen LogP contribution in [0.4, 0.5) is 0 Å². The fraction of sp³-hybridized carbons (Fsp3) is 0.357. The monoisotopic (exact) mass is 249 g/mol. The van der Waals surface area contributed by atoms with Gasteiger partial charge >= 0.3 is 0 Å². The molecule has 0 saturated heterocycles. The van der Waals surface area contributed by atoms with Crippen molar-refractivity contribution in [1.82, 2.24) is 5.32 Å². The summed E-state index contributed by atoms with van der Waals surface area (Å²) >= 11 is 1.47. The maximum absolute atomic E-state index is 11.9. The lowest BCUT2D eigenvalue weighted by Crippen LogP contribution is -2.32. The average Bonchev–Trinajstić information content (AvgIpc) is 2.36. The van der Waals surface area contributed by atoms with Gasteiger partial charge in [-0.05, 0) is 31.2 Å². The van der Waals surface area contributed by atoms with Gasteiger partial charge in [0.1, 0.15) is 0 Å². The van der Waals surface area contributed by atoms with Crippen LogP contribution < -0.4 is 5.32 Å². The molecule has 1 aromatic rings. The molecule has 1 rings (SSSR count). The van der Waals surface area contributed by atoms with Gasteiger partial charge in [-0.15, -0.1) is 11.8 Å². The van der Waals surface area contributed by atoms with Crippen molar-refractivity contribution in [3.8, 4) is 0 Å². The van der Waals surface area contributed by atoms with E-state index in [9.17, 15) is 4.79 Å². The number of nitrogens with one attached hydrogen (secondary N) is 1. The van der Waals surface area contributed by atoms with Crippen LogP contribution in [0.5, 0.6) is 0 Å². The van der Waals surface area contributed by atoms with Crippen LogP contribution in [0.1, 0.15) is 25.8 Å². The Morgan fingerprint density at radius 1 is 1.41 bits per heavy atom. The van der Waals surface area contributed by atoms with Gasteiger partial charge in [0.25, 0.3) is 5.91 Å². The molecule has 0 aliphatic heterocycles. The highest BCUT2D eigenvalue weighted by Crippen LogP contribution is 2.16. The van der Waals surface area contributed by atoms with Crippen LogP contribution in [0.25, 0.3) is 6.08 Å². The third-order valence-electron chi connectivity index (χ3n) is 2.53. The summed E-state index contributed by atoms with van der Waals surface area (Å²) in [5.41, 5.74) is 1.05. The zero-order valence-corrected chi connectivity index (χ0v) is 11.4. The SMILES string of the molecule is CCC(C)NC(=O)C(=Cc1ccccc1)SC. The quantitative estimate of drug-likeness (QED) is 0.811. The predicted octanol–water partition coefficient (Wildman–Crippen LogP) is 3.31. The van der Waals surface area contributed by atoms with E-state index < -0.39 is 0 Å². The lowest BCUT2D eigenvalue weighted by molar-refractivity contribution is -0.117. The van der Waals surface area contributed by atoms with E-state index in [1.807, 2.05) is 49.6 Å². The first kappa shape index (κ1) is 13.8. The molecule has 0 spiro atoms. The fourth-order valence-corrected chi connectivity index (χ4v) is 1.81. The molecule has 1 N–H and O–H groups in total. The average molecular weight is 249 g/mol. The third kappa shape index (κ3) is 4.65. The van der Waals surface area contributed by atoms with Gasteiger partial charge < -0.3 is 5.32 Å². The first-order valence-electron chi connectivity index (χ1n) is 5.79. The van der Waals surface area contributed by atoms with Crippen LogP contribution in [0, 0.1) is 0 Å². The molecule has 92 valence electrons. The van der Waals surface area contributed by atoms with Gasteiger partial charge in [0.05, 0.1) is 4.91 Å². The van der Waals surface area contributed by atoms with E-state index in [1.54, 1.807) is 0 Å². The van der Waals surface area contributed by atoms with E-state index in [0.717, 1.165) is 16.9 Å². The number of hydrogen-bond acceptors (Lipinski definition) is 2. The lowest BCUT2D eigenvalue weighted by atomic mass is 10.2. The fourth-order valence-electron chi connectivity index (χ4n) is 1.31. The molecule has 0 aromatic heterocycles. The van der Waals surface area contributed by atoms with Crippen molar-refractivity contribution < 1.29 is 4.79 Å².